The molecule has 0 saturated carbocycles. The molecule has 0 bridgehead atoms. The summed E-state index contributed by atoms with van der Waals surface area (Å²) < 4.78 is 6.24. The molecule has 2 heteroatoms. The molecule has 4 aromatic carbocycles. The van der Waals surface area contributed by atoms with Crippen molar-refractivity contribution in [2.24, 2.45) is 0 Å². The predicted molar refractivity (Wildman–Crippen MR) is 102 cm³/mol. The molecule has 114 valence electrons. The number of benzene rings is 4. The third-order valence-corrected chi connectivity index (χ3v) is 4.74. The minimum atomic E-state index is 0.722. The van der Waals surface area contributed by atoms with Gasteiger partial charge in [-0.05, 0) is 40.6 Å². The van der Waals surface area contributed by atoms with Gasteiger partial charge in [0.05, 0.1) is 0 Å². The van der Waals surface area contributed by atoms with Crippen LogP contribution in [0, 0.1) is 0 Å². The lowest BCUT2D eigenvalue weighted by molar-refractivity contribution is 0.670. The number of hydrogen-bond acceptors (Lipinski definition) is 1. The summed E-state index contributed by atoms with van der Waals surface area (Å²) in [6.07, 6.45) is 0. The molecule has 0 atom stereocenters. The van der Waals surface area contributed by atoms with Gasteiger partial charge in [-0.3, -0.25) is 0 Å². The van der Waals surface area contributed by atoms with Gasteiger partial charge in [0.15, 0.2) is 0 Å². The summed E-state index contributed by atoms with van der Waals surface area (Å²) in [6.45, 7) is 0. The molecule has 1 nitrogen and oxygen atoms in total. The van der Waals surface area contributed by atoms with Gasteiger partial charge in [-0.2, -0.15) is 0 Å². The van der Waals surface area contributed by atoms with Crippen LogP contribution in [0.15, 0.2) is 83.3 Å². The first-order chi connectivity index (χ1) is 11.8. The van der Waals surface area contributed by atoms with E-state index < -0.39 is 0 Å². The van der Waals surface area contributed by atoms with E-state index in [0.717, 1.165) is 38.1 Å². The van der Waals surface area contributed by atoms with E-state index in [1.807, 2.05) is 24.3 Å². The fourth-order valence-electron chi connectivity index (χ4n) is 3.44. The molecule has 1 heterocycles. The van der Waals surface area contributed by atoms with Gasteiger partial charge in [-0.25, -0.2) is 0 Å². The van der Waals surface area contributed by atoms with E-state index >= 15 is 0 Å². The molecule has 0 radical (unpaired) electrons. The Kier molecular flexibility index (Phi) is 2.91. The Morgan fingerprint density at radius 1 is 0.667 bits per heavy atom. The molecule has 0 aliphatic rings. The van der Waals surface area contributed by atoms with Crippen LogP contribution in [0.3, 0.4) is 0 Å². The Labute approximate surface area is 144 Å². The molecule has 0 amide bonds. The van der Waals surface area contributed by atoms with Crippen LogP contribution in [0.1, 0.15) is 0 Å². The molecule has 0 aliphatic carbocycles. The van der Waals surface area contributed by atoms with E-state index in [4.69, 9.17) is 16.0 Å². The van der Waals surface area contributed by atoms with Crippen molar-refractivity contribution in [2.75, 3.05) is 0 Å². The molecule has 0 saturated heterocycles. The van der Waals surface area contributed by atoms with Gasteiger partial charge in [0, 0.05) is 21.4 Å². The number of furan rings is 1. The van der Waals surface area contributed by atoms with Gasteiger partial charge in [0.25, 0.3) is 0 Å². The van der Waals surface area contributed by atoms with Crippen molar-refractivity contribution in [3.63, 3.8) is 0 Å². The van der Waals surface area contributed by atoms with Crippen molar-refractivity contribution in [2.45, 2.75) is 0 Å². The van der Waals surface area contributed by atoms with Crippen LogP contribution in [0.5, 0.6) is 0 Å². The molecular weight excluding hydrogens is 316 g/mol. The number of hydrogen-bond donors (Lipinski definition) is 0. The second-order valence-electron chi connectivity index (χ2n) is 5.96. The summed E-state index contributed by atoms with van der Waals surface area (Å²) >= 11 is 6.21. The zero-order chi connectivity index (χ0) is 16.1. The SMILES string of the molecule is Clc1ccc2oc3c(-c4ccccc4)c4ccccc4cc3c2c1. The van der Waals surface area contributed by atoms with E-state index in [2.05, 4.69) is 54.6 Å². The highest BCUT2D eigenvalue weighted by Crippen LogP contribution is 2.41. The van der Waals surface area contributed by atoms with E-state index in [-0.39, 0.29) is 0 Å². The first-order valence-corrected chi connectivity index (χ1v) is 8.28. The van der Waals surface area contributed by atoms with E-state index in [1.165, 1.54) is 10.8 Å². The highest BCUT2D eigenvalue weighted by atomic mass is 35.5. The Morgan fingerprint density at radius 3 is 2.33 bits per heavy atom. The second-order valence-corrected chi connectivity index (χ2v) is 6.39. The van der Waals surface area contributed by atoms with Crippen LogP contribution in [-0.4, -0.2) is 0 Å². The monoisotopic (exact) mass is 328 g/mol. The molecule has 5 aromatic rings. The van der Waals surface area contributed by atoms with Gasteiger partial charge in [0.1, 0.15) is 11.2 Å². The minimum Gasteiger partial charge on any atom is -0.455 e. The van der Waals surface area contributed by atoms with Gasteiger partial charge >= 0.3 is 0 Å². The summed E-state index contributed by atoms with van der Waals surface area (Å²) in [4.78, 5) is 0. The number of halogens is 1. The lowest BCUT2D eigenvalue weighted by Gasteiger charge is -2.08. The molecular formula is C22H13ClO. The maximum absolute atomic E-state index is 6.24. The summed E-state index contributed by atoms with van der Waals surface area (Å²) in [5.74, 6) is 0. The first-order valence-electron chi connectivity index (χ1n) is 7.90. The summed E-state index contributed by atoms with van der Waals surface area (Å²) in [5, 5.41) is 5.28. The van der Waals surface area contributed by atoms with E-state index in [1.54, 1.807) is 0 Å². The molecule has 1 aromatic heterocycles. The van der Waals surface area contributed by atoms with Crippen LogP contribution >= 0.6 is 11.6 Å². The third-order valence-electron chi connectivity index (χ3n) is 4.51. The maximum Gasteiger partial charge on any atom is 0.143 e. The molecule has 0 fully saturated rings. The highest BCUT2D eigenvalue weighted by molar-refractivity contribution is 6.32. The average molecular weight is 329 g/mol. The number of rotatable bonds is 1. The summed E-state index contributed by atoms with van der Waals surface area (Å²) in [7, 11) is 0. The topological polar surface area (TPSA) is 13.1 Å². The molecule has 0 unspecified atom stereocenters. The Morgan fingerprint density at radius 2 is 1.46 bits per heavy atom. The lowest BCUT2D eigenvalue weighted by atomic mass is 9.95. The standard InChI is InChI=1S/C22H13ClO/c23-16-10-11-20-18(13-16)19-12-15-8-4-5-9-17(15)21(22(19)24-20)14-6-2-1-3-7-14/h1-13H. The fraction of sp³-hybridized carbons (Fsp3) is 0. The predicted octanol–water partition coefficient (Wildman–Crippen LogP) is 7.06. The van der Waals surface area contributed by atoms with Crippen molar-refractivity contribution in [3.05, 3.63) is 83.9 Å². The lowest BCUT2D eigenvalue weighted by Crippen LogP contribution is -1.83. The molecule has 0 N–H and O–H groups in total. The normalized spacial score (nSPS) is 11.5. The largest absolute Gasteiger partial charge is 0.455 e. The zero-order valence-electron chi connectivity index (χ0n) is 12.8. The minimum absolute atomic E-state index is 0.722. The molecule has 24 heavy (non-hydrogen) atoms. The number of fused-ring (bicyclic) bond motifs is 4. The van der Waals surface area contributed by atoms with Crippen LogP contribution in [0.4, 0.5) is 0 Å². The van der Waals surface area contributed by atoms with Crippen LogP contribution < -0.4 is 0 Å². The Balaban J connectivity index is 2.05. The van der Waals surface area contributed by atoms with Crippen molar-refractivity contribution in [1.82, 2.24) is 0 Å². The molecule has 5 rings (SSSR count). The van der Waals surface area contributed by atoms with Gasteiger partial charge in [-0.1, -0.05) is 66.2 Å². The summed E-state index contributed by atoms with van der Waals surface area (Å²) in [5.41, 5.74) is 4.07. The molecule has 0 spiro atoms. The van der Waals surface area contributed by atoms with Crippen molar-refractivity contribution < 1.29 is 4.42 Å². The second kappa shape index (κ2) is 5.12. The van der Waals surface area contributed by atoms with Gasteiger partial charge in [0.2, 0.25) is 0 Å². The van der Waals surface area contributed by atoms with Gasteiger partial charge in [-0.15, -0.1) is 0 Å². The average Bonchev–Trinajstić information content (AvgIpc) is 2.98. The maximum atomic E-state index is 6.24. The molecule has 0 aliphatic heterocycles. The van der Waals surface area contributed by atoms with Crippen molar-refractivity contribution in [3.8, 4) is 11.1 Å². The van der Waals surface area contributed by atoms with Crippen LogP contribution in [0.25, 0.3) is 43.8 Å². The Bertz CT molecular complexity index is 1200. The third kappa shape index (κ3) is 1.95. The van der Waals surface area contributed by atoms with Crippen molar-refractivity contribution >= 4 is 44.3 Å². The highest BCUT2D eigenvalue weighted by Gasteiger charge is 2.16. The van der Waals surface area contributed by atoms with E-state index in [9.17, 15) is 0 Å². The van der Waals surface area contributed by atoms with Gasteiger partial charge < -0.3 is 4.42 Å². The van der Waals surface area contributed by atoms with Crippen molar-refractivity contribution in [1.29, 1.82) is 0 Å². The van der Waals surface area contributed by atoms with Crippen LogP contribution in [-0.2, 0) is 0 Å². The summed E-state index contributed by atoms with van der Waals surface area (Å²) in [6, 6.07) is 26.8. The van der Waals surface area contributed by atoms with Crippen LogP contribution in [0.2, 0.25) is 5.02 Å². The fourth-order valence-corrected chi connectivity index (χ4v) is 3.61. The Hall–Kier alpha value is -2.77. The zero-order valence-corrected chi connectivity index (χ0v) is 13.5. The first kappa shape index (κ1) is 13.6. The van der Waals surface area contributed by atoms with E-state index in [0.29, 0.717) is 0 Å². The quantitative estimate of drug-likeness (QED) is 0.321. The smallest absolute Gasteiger partial charge is 0.143 e.